The minimum Gasteiger partial charge on any atom is -0.367 e. The SMILES string of the molecule is Cc1cc(Br)c2noc(N)c2c1. The van der Waals surface area contributed by atoms with Crippen molar-refractivity contribution in [3.8, 4) is 0 Å². The maximum absolute atomic E-state index is 5.56. The predicted molar refractivity (Wildman–Crippen MR) is 50.9 cm³/mol. The fourth-order valence-electron chi connectivity index (χ4n) is 1.16. The summed E-state index contributed by atoms with van der Waals surface area (Å²) < 4.78 is 5.76. The first-order chi connectivity index (χ1) is 5.68. The number of aromatic nitrogens is 1. The van der Waals surface area contributed by atoms with E-state index in [0.29, 0.717) is 5.88 Å². The van der Waals surface area contributed by atoms with Crippen LogP contribution in [-0.2, 0) is 0 Å². The number of nitrogens with zero attached hydrogens (tertiary/aromatic N) is 1. The minimum atomic E-state index is 0.370. The lowest BCUT2D eigenvalue weighted by Crippen LogP contribution is -1.81. The molecule has 0 saturated carbocycles. The van der Waals surface area contributed by atoms with E-state index in [2.05, 4.69) is 21.1 Å². The average Bonchev–Trinajstić information content (AvgIpc) is 2.33. The Bertz CT molecular complexity index is 436. The smallest absolute Gasteiger partial charge is 0.230 e. The van der Waals surface area contributed by atoms with Crippen LogP contribution in [0.4, 0.5) is 5.88 Å². The molecule has 0 unspecified atom stereocenters. The Labute approximate surface area is 77.7 Å². The lowest BCUT2D eigenvalue weighted by molar-refractivity contribution is 0.445. The average molecular weight is 227 g/mol. The first-order valence-electron chi connectivity index (χ1n) is 3.49. The number of halogens is 1. The van der Waals surface area contributed by atoms with Gasteiger partial charge in [-0.05, 0) is 40.5 Å². The highest BCUT2D eigenvalue weighted by Gasteiger charge is 2.07. The van der Waals surface area contributed by atoms with Crippen molar-refractivity contribution >= 4 is 32.7 Å². The minimum absolute atomic E-state index is 0.370. The van der Waals surface area contributed by atoms with Crippen LogP contribution in [0.15, 0.2) is 21.1 Å². The van der Waals surface area contributed by atoms with Crippen LogP contribution in [0.5, 0.6) is 0 Å². The predicted octanol–water partition coefficient (Wildman–Crippen LogP) is 2.48. The molecular weight excluding hydrogens is 220 g/mol. The summed E-state index contributed by atoms with van der Waals surface area (Å²) in [5.74, 6) is 0.370. The summed E-state index contributed by atoms with van der Waals surface area (Å²) in [5.41, 5.74) is 7.47. The summed E-state index contributed by atoms with van der Waals surface area (Å²) in [6, 6.07) is 3.93. The molecule has 2 N–H and O–H groups in total. The Hall–Kier alpha value is -1.03. The molecule has 3 nitrogen and oxygen atoms in total. The Kier molecular flexibility index (Phi) is 1.58. The van der Waals surface area contributed by atoms with Crippen LogP contribution >= 0.6 is 15.9 Å². The fraction of sp³-hybridized carbons (Fsp3) is 0.125. The first-order valence-corrected chi connectivity index (χ1v) is 4.29. The number of hydrogen-bond acceptors (Lipinski definition) is 3. The Morgan fingerprint density at radius 1 is 1.50 bits per heavy atom. The van der Waals surface area contributed by atoms with Gasteiger partial charge >= 0.3 is 0 Å². The summed E-state index contributed by atoms with van der Waals surface area (Å²) in [7, 11) is 0. The zero-order chi connectivity index (χ0) is 8.72. The van der Waals surface area contributed by atoms with E-state index >= 15 is 0 Å². The molecule has 0 spiro atoms. The van der Waals surface area contributed by atoms with E-state index in [1.165, 1.54) is 0 Å². The quantitative estimate of drug-likeness (QED) is 0.752. The molecule has 0 aliphatic rings. The topological polar surface area (TPSA) is 52.0 Å². The third-order valence-corrected chi connectivity index (χ3v) is 2.31. The van der Waals surface area contributed by atoms with E-state index < -0.39 is 0 Å². The Balaban J connectivity index is 2.92. The lowest BCUT2D eigenvalue weighted by atomic mass is 10.2. The molecule has 0 aliphatic carbocycles. The molecule has 1 heterocycles. The second-order valence-corrected chi connectivity index (χ2v) is 3.54. The summed E-state index contributed by atoms with van der Waals surface area (Å²) in [5, 5.41) is 4.67. The molecule has 0 bridgehead atoms. The third-order valence-electron chi connectivity index (χ3n) is 1.71. The normalized spacial score (nSPS) is 10.8. The number of nitrogens with two attached hydrogens (primary N) is 1. The van der Waals surface area contributed by atoms with Crippen LogP contribution in [0, 0.1) is 6.92 Å². The van der Waals surface area contributed by atoms with Gasteiger partial charge in [0.15, 0.2) is 0 Å². The molecule has 0 saturated heterocycles. The molecule has 0 fully saturated rings. The largest absolute Gasteiger partial charge is 0.367 e. The van der Waals surface area contributed by atoms with Gasteiger partial charge in [0, 0.05) is 4.47 Å². The molecule has 12 heavy (non-hydrogen) atoms. The highest BCUT2D eigenvalue weighted by atomic mass is 79.9. The van der Waals surface area contributed by atoms with Gasteiger partial charge in [-0.25, -0.2) is 0 Å². The summed E-state index contributed by atoms with van der Waals surface area (Å²) in [6.45, 7) is 2.00. The van der Waals surface area contributed by atoms with Crippen LogP contribution in [0.2, 0.25) is 0 Å². The van der Waals surface area contributed by atoms with Crippen molar-refractivity contribution in [3.63, 3.8) is 0 Å². The van der Waals surface area contributed by atoms with Crippen molar-refractivity contribution in [1.82, 2.24) is 5.16 Å². The van der Waals surface area contributed by atoms with Crippen molar-refractivity contribution in [2.75, 3.05) is 5.73 Å². The highest BCUT2D eigenvalue weighted by molar-refractivity contribution is 9.10. The van der Waals surface area contributed by atoms with E-state index in [1.807, 2.05) is 19.1 Å². The molecule has 0 radical (unpaired) electrons. The van der Waals surface area contributed by atoms with Gasteiger partial charge in [0.2, 0.25) is 5.88 Å². The molecule has 2 rings (SSSR count). The number of anilines is 1. The summed E-state index contributed by atoms with van der Waals surface area (Å²) in [4.78, 5) is 0. The standard InChI is InChI=1S/C8H7BrN2O/c1-4-2-5-7(6(9)3-4)11-12-8(5)10/h2-3H,10H2,1H3. The maximum Gasteiger partial charge on any atom is 0.230 e. The zero-order valence-corrected chi connectivity index (χ0v) is 8.05. The van der Waals surface area contributed by atoms with Crippen LogP contribution < -0.4 is 5.73 Å². The van der Waals surface area contributed by atoms with Crippen LogP contribution in [0.3, 0.4) is 0 Å². The van der Waals surface area contributed by atoms with Crippen molar-refractivity contribution < 1.29 is 4.52 Å². The van der Waals surface area contributed by atoms with Gasteiger partial charge in [0.1, 0.15) is 5.52 Å². The molecule has 1 aromatic heterocycles. The molecule has 2 aromatic rings. The van der Waals surface area contributed by atoms with E-state index in [0.717, 1.165) is 20.9 Å². The fourth-order valence-corrected chi connectivity index (χ4v) is 1.81. The summed E-state index contributed by atoms with van der Waals surface area (Å²) >= 11 is 3.38. The van der Waals surface area contributed by atoms with E-state index in [1.54, 1.807) is 0 Å². The Morgan fingerprint density at radius 3 is 3.00 bits per heavy atom. The van der Waals surface area contributed by atoms with Gasteiger partial charge in [-0.15, -0.1) is 0 Å². The third kappa shape index (κ3) is 0.992. The van der Waals surface area contributed by atoms with Crippen LogP contribution in [0.1, 0.15) is 5.56 Å². The molecule has 0 aliphatic heterocycles. The summed E-state index contributed by atoms with van der Waals surface area (Å²) in [6.07, 6.45) is 0. The number of fused-ring (bicyclic) bond motifs is 1. The second kappa shape index (κ2) is 2.48. The van der Waals surface area contributed by atoms with Crippen molar-refractivity contribution in [2.45, 2.75) is 6.92 Å². The zero-order valence-electron chi connectivity index (χ0n) is 6.47. The van der Waals surface area contributed by atoms with E-state index in [4.69, 9.17) is 10.3 Å². The van der Waals surface area contributed by atoms with E-state index in [9.17, 15) is 0 Å². The monoisotopic (exact) mass is 226 g/mol. The van der Waals surface area contributed by atoms with Crippen LogP contribution in [-0.4, -0.2) is 5.16 Å². The van der Waals surface area contributed by atoms with Gasteiger partial charge in [-0.1, -0.05) is 5.16 Å². The number of aryl methyl sites for hydroxylation is 1. The molecular formula is C8H7BrN2O. The van der Waals surface area contributed by atoms with Crippen molar-refractivity contribution in [3.05, 3.63) is 22.2 Å². The van der Waals surface area contributed by atoms with Gasteiger partial charge in [-0.3, -0.25) is 0 Å². The van der Waals surface area contributed by atoms with E-state index in [-0.39, 0.29) is 0 Å². The van der Waals surface area contributed by atoms with Gasteiger partial charge in [-0.2, -0.15) is 0 Å². The van der Waals surface area contributed by atoms with Gasteiger partial charge in [0.05, 0.1) is 5.39 Å². The molecule has 62 valence electrons. The molecule has 4 heteroatoms. The Morgan fingerprint density at radius 2 is 2.25 bits per heavy atom. The first kappa shape index (κ1) is 7.61. The maximum atomic E-state index is 5.56. The number of hydrogen-bond donors (Lipinski definition) is 1. The lowest BCUT2D eigenvalue weighted by Gasteiger charge is -1.94. The molecule has 1 aromatic carbocycles. The molecule has 0 amide bonds. The number of rotatable bonds is 0. The number of nitrogen functional groups attached to an aromatic ring is 1. The van der Waals surface area contributed by atoms with Gasteiger partial charge in [0.25, 0.3) is 0 Å². The number of benzene rings is 1. The van der Waals surface area contributed by atoms with Gasteiger partial charge < -0.3 is 10.3 Å². The van der Waals surface area contributed by atoms with Crippen molar-refractivity contribution in [1.29, 1.82) is 0 Å². The highest BCUT2D eigenvalue weighted by Crippen LogP contribution is 2.28. The second-order valence-electron chi connectivity index (χ2n) is 2.69. The molecule has 0 atom stereocenters. The van der Waals surface area contributed by atoms with Crippen LogP contribution in [0.25, 0.3) is 10.9 Å². The van der Waals surface area contributed by atoms with Crippen molar-refractivity contribution in [2.24, 2.45) is 0 Å².